The van der Waals surface area contributed by atoms with E-state index >= 15 is 0 Å². The molecule has 4 rings (SSSR count). The molecule has 4 aromatic rings. The van der Waals surface area contributed by atoms with Crippen LogP contribution in [0.5, 0.6) is 11.5 Å². The Kier molecular flexibility index (Phi) is 6.13. The number of carbonyl (C=O) groups is 1. The predicted octanol–water partition coefficient (Wildman–Crippen LogP) is 3.17. The Bertz CT molecular complexity index is 1350. The zero-order valence-corrected chi connectivity index (χ0v) is 18.5. The minimum Gasteiger partial charge on any atom is -0.497 e. The molecule has 1 amide bonds. The van der Waals surface area contributed by atoms with Crippen molar-refractivity contribution in [2.75, 3.05) is 25.3 Å². The van der Waals surface area contributed by atoms with Gasteiger partial charge in [0.05, 0.1) is 37.5 Å². The van der Waals surface area contributed by atoms with Crippen LogP contribution in [-0.4, -0.2) is 45.6 Å². The number of anilines is 1. The van der Waals surface area contributed by atoms with Gasteiger partial charge in [-0.25, -0.2) is 9.67 Å². The van der Waals surface area contributed by atoms with Crippen molar-refractivity contribution >= 4 is 34.4 Å². The first-order valence-corrected chi connectivity index (χ1v) is 10.7. The Morgan fingerprint density at radius 1 is 1.19 bits per heavy atom. The fourth-order valence-corrected chi connectivity index (χ4v) is 3.83. The molecule has 0 aliphatic rings. The molecule has 164 valence electrons. The molecule has 2 aromatic heterocycles. The molecule has 2 N–H and O–H groups in total. The maximum atomic E-state index is 12.5. The van der Waals surface area contributed by atoms with Crippen LogP contribution >= 0.6 is 11.8 Å². The number of rotatable bonds is 7. The van der Waals surface area contributed by atoms with Crippen molar-refractivity contribution in [3.05, 3.63) is 64.6 Å². The number of methoxy groups -OCH3 is 2. The zero-order chi connectivity index (χ0) is 22.7. The van der Waals surface area contributed by atoms with E-state index in [0.717, 1.165) is 23.0 Å². The summed E-state index contributed by atoms with van der Waals surface area (Å²) in [7, 11) is 3.07. The van der Waals surface area contributed by atoms with Crippen molar-refractivity contribution in [1.29, 1.82) is 0 Å². The van der Waals surface area contributed by atoms with Crippen molar-refractivity contribution in [3.63, 3.8) is 0 Å². The number of nitrogens with zero attached hydrogens (tertiary/aromatic N) is 3. The van der Waals surface area contributed by atoms with E-state index in [4.69, 9.17) is 9.47 Å². The van der Waals surface area contributed by atoms with E-state index in [0.29, 0.717) is 33.4 Å². The highest BCUT2D eigenvalue weighted by molar-refractivity contribution is 7.99. The van der Waals surface area contributed by atoms with Crippen molar-refractivity contribution in [2.24, 2.45) is 0 Å². The Morgan fingerprint density at radius 3 is 2.75 bits per heavy atom. The Balaban J connectivity index is 1.55. The van der Waals surface area contributed by atoms with E-state index in [2.05, 4.69) is 20.4 Å². The number of aromatic amines is 1. The molecule has 0 saturated carbocycles. The smallest absolute Gasteiger partial charge is 0.262 e. The lowest BCUT2D eigenvalue weighted by atomic mass is 10.2. The van der Waals surface area contributed by atoms with E-state index in [1.165, 1.54) is 13.3 Å². The van der Waals surface area contributed by atoms with Crippen LogP contribution in [0.15, 0.2) is 58.6 Å². The molecule has 0 spiro atoms. The summed E-state index contributed by atoms with van der Waals surface area (Å²) >= 11 is 1.12. The van der Waals surface area contributed by atoms with Gasteiger partial charge >= 0.3 is 0 Å². The van der Waals surface area contributed by atoms with Crippen molar-refractivity contribution in [2.45, 2.75) is 12.1 Å². The van der Waals surface area contributed by atoms with Gasteiger partial charge in [-0.3, -0.25) is 9.59 Å². The summed E-state index contributed by atoms with van der Waals surface area (Å²) in [6.45, 7) is 1.96. The van der Waals surface area contributed by atoms with Gasteiger partial charge in [-0.15, -0.1) is 0 Å². The van der Waals surface area contributed by atoms with Gasteiger partial charge in [0.25, 0.3) is 5.56 Å². The highest BCUT2D eigenvalue weighted by atomic mass is 32.2. The Labute approximate surface area is 187 Å². The number of benzene rings is 2. The van der Waals surface area contributed by atoms with Crippen LogP contribution in [0.25, 0.3) is 16.7 Å². The topological polar surface area (TPSA) is 111 Å². The first-order valence-electron chi connectivity index (χ1n) is 9.69. The number of amides is 1. The summed E-state index contributed by atoms with van der Waals surface area (Å²) in [6, 6.07) is 12.8. The first-order chi connectivity index (χ1) is 15.5. The number of ether oxygens (including phenoxy) is 2. The molecule has 0 unspecified atom stereocenters. The van der Waals surface area contributed by atoms with Gasteiger partial charge in [-0.1, -0.05) is 30.0 Å². The molecule has 32 heavy (non-hydrogen) atoms. The van der Waals surface area contributed by atoms with Gasteiger partial charge in [0.1, 0.15) is 16.9 Å². The molecule has 0 atom stereocenters. The molecule has 0 fully saturated rings. The number of aromatic nitrogens is 4. The SMILES string of the molecule is COc1ccc(OC)c(NC(=O)CSc2nc3c(cnn3-c3ccccc3C)c(=O)[nH]2)c1. The fraction of sp³-hybridized carbons (Fsp3) is 0.182. The molecular formula is C22H21N5O4S. The van der Waals surface area contributed by atoms with E-state index in [1.807, 2.05) is 31.2 Å². The van der Waals surface area contributed by atoms with Crippen LogP contribution in [0.2, 0.25) is 0 Å². The van der Waals surface area contributed by atoms with Gasteiger partial charge in [-0.05, 0) is 30.7 Å². The second kappa shape index (κ2) is 9.15. The number of hydrogen-bond acceptors (Lipinski definition) is 7. The second-order valence-corrected chi connectivity index (χ2v) is 7.82. The number of aryl methyl sites for hydroxylation is 1. The molecule has 0 bridgehead atoms. The molecule has 10 heteroatoms. The first kappa shape index (κ1) is 21.4. The Morgan fingerprint density at radius 2 is 2.00 bits per heavy atom. The molecular weight excluding hydrogens is 430 g/mol. The summed E-state index contributed by atoms with van der Waals surface area (Å²) in [5.41, 5.74) is 2.44. The summed E-state index contributed by atoms with van der Waals surface area (Å²) in [5.74, 6) is 0.860. The normalized spacial score (nSPS) is 10.8. The van der Waals surface area contributed by atoms with Crippen LogP contribution in [0.3, 0.4) is 0 Å². The predicted molar refractivity (Wildman–Crippen MR) is 123 cm³/mol. The van der Waals surface area contributed by atoms with E-state index < -0.39 is 0 Å². The standard InChI is InChI=1S/C22H21N5O4S/c1-13-6-4-5-7-17(13)27-20-15(11-23-27)21(29)26-22(25-20)32-12-19(28)24-16-10-14(30-2)8-9-18(16)31-3/h4-11H,12H2,1-3H3,(H,24,28)(H,25,26,29). The lowest BCUT2D eigenvalue weighted by Crippen LogP contribution is -2.16. The van der Waals surface area contributed by atoms with E-state index in [9.17, 15) is 9.59 Å². The lowest BCUT2D eigenvalue weighted by molar-refractivity contribution is -0.113. The maximum Gasteiger partial charge on any atom is 0.262 e. The van der Waals surface area contributed by atoms with Gasteiger partial charge < -0.3 is 19.8 Å². The highest BCUT2D eigenvalue weighted by Gasteiger charge is 2.15. The zero-order valence-electron chi connectivity index (χ0n) is 17.7. The molecule has 9 nitrogen and oxygen atoms in total. The highest BCUT2D eigenvalue weighted by Crippen LogP contribution is 2.29. The van der Waals surface area contributed by atoms with Crippen LogP contribution in [0, 0.1) is 6.92 Å². The number of thioether (sulfide) groups is 1. The largest absolute Gasteiger partial charge is 0.497 e. The summed E-state index contributed by atoms with van der Waals surface area (Å²) in [5, 5.41) is 7.83. The number of para-hydroxylation sites is 1. The van der Waals surface area contributed by atoms with Gasteiger partial charge in [0.2, 0.25) is 5.91 Å². The third kappa shape index (κ3) is 4.30. The van der Waals surface area contributed by atoms with Crippen molar-refractivity contribution < 1.29 is 14.3 Å². The third-order valence-electron chi connectivity index (χ3n) is 4.78. The molecule has 0 aliphatic heterocycles. The van der Waals surface area contributed by atoms with Crippen molar-refractivity contribution in [3.8, 4) is 17.2 Å². The molecule has 2 aromatic carbocycles. The fourth-order valence-electron chi connectivity index (χ4n) is 3.18. The van der Waals surface area contributed by atoms with Crippen LogP contribution in [0.1, 0.15) is 5.56 Å². The van der Waals surface area contributed by atoms with Crippen LogP contribution in [-0.2, 0) is 4.79 Å². The summed E-state index contributed by atoms with van der Waals surface area (Å²) in [4.78, 5) is 32.3. The lowest BCUT2D eigenvalue weighted by Gasteiger charge is -2.11. The molecule has 0 saturated heterocycles. The summed E-state index contributed by atoms with van der Waals surface area (Å²) in [6.07, 6.45) is 1.49. The van der Waals surface area contributed by atoms with E-state index in [-0.39, 0.29) is 17.2 Å². The molecule has 0 radical (unpaired) electrons. The van der Waals surface area contributed by atoms with Gasteiger partial charge in [0, 0.05) is 6.07 Å². The number of nitrogens with one attached hydrogen (secondary N) is 2. The van der Waals surface area contributed by atoms with Crippen LogP contribution < -0.4 is 20.3 Å². The minimum absolute atomic E-state index is 0.0350. The molecule has 0 aliphatic carbocycles. The van der Waals surface area contributed by atoms with E-state index in [1.54, 1.807) is 30.0 Å². The van der Waals surface area contributed by atoms with Gasteiger partial charge in [-0.2, -0.15) is 5.10 Å². The van der Waals surface area contributed by atoms with Gasteiger partial charge in [0.15, 0.2) is 10.8 Å². The second-order valence-electron chi connectivity index (χ2n) is 6.85. The third-order valence-corrected chi connectivity index (χ3v) is 5.65. The van der Waals surface area contributed by atoms with Crippen LogP contribution in [0.4, 0.5) is 5.69 Å². The average molecular weight is 452 g/mol. The number of carbonyl (C=O) groups excluding carboxylic acids is 1. The number of H-pyrrole nitrogens is 1. The van der Waals surface area contributed by atoms with Crippen molar-refractivity contribution in [1.82, 2.24) is 19.7 Å². The Hall–Kier alpha value is -3.79. The number of fused-ring (bicyclic) bond motifs is 1. The average Bonchev–Trinajstić information content (AvgIpc) is 3.22. The molecule has 2 heterocycles. The summed E-state index contributed by atoms with van der Waals surface area (Å²) < 4.78 is 12.1. The number of hydrogen-bond donors (Lipinski definition) is 2. The monoisotopic (exact) mass is 451 g/mol. The minimum atomic E-state index is -0.313. The maximum absolute atomic E-state index is 12.5. The quantitative estimate of drug-likeness (QED) is 0.328.